The lowest BCUT2D eigenvalue weighted by Gasteiger charge is -2.33. The highest BCUT2D eigenvalue weighted by molar-refractivity contribution is 5.28. The first-order valence-electron chi connectivity index (χ1n) is 6.71. The number of nitrogens with zero attached hydrogens (tertiary/aromatic N) is 1. The van der Waals surface area contributed by atoms with E-state index in [0.29, 0.717) is 18.4 Å². The number of benzene rings is 1. The molecular formula is C14H19F3N2O. The van der Waals surface area contributed by atoms with E-state index in [1.54, 1.807) is 0 Å². The molecule has 0 aromatic heterocycles. The Hall–Kier alpha value is -1.27. The molecule has 112 valence electrons. The minimum absolute atomic E-state index is 0.458. The predicted octanol–water partition coefficient (Wildman–Crippen LogP) is 2.38. The van der Waals surface area contributed by atoms with Crippen LogP contribution in [0.5, 0.6) is 5.75 Å². The molecular weight excluding hydrogens is 269 g/mol. The van der Waals surface area contributed by atoms with Crippen LogP contribution >= 0.6 is 0 Å². The molecule has 1 fully saturated rings. The van der Waals surface area contributed by atoms with Crippen LogP contribution in [0.3, 0.4) is 0 Å². The van der Waals surface area contributed by atoms with Crippen molar-refractivity contribution in [1.82, 2.24) is 10.2 Å². The van der Waals surface area contributed by atoms with E-state index in [4.69, 9.17) is 4.74 Å². The van der Waals surface area contributed by atoms with Crippen LogP contribution in [0.4, 0.5) is 13.2 Å². The highest BCUT2D eigenvalue weighted by atomic mass is 19.4. The van der Waals surface area contributed by atoms with Crippen molar-refractivity contribution in [3.8, 4) is 5.75 Å². The summed E-state index contributed by atoms with van der Waals surface area (Å²) >= 11 is 0. The molecule has 0 radical (unpaired) electrons. The summed E-state index contributed by atoms with van der Waals surface area (Å²) in [7, 11) is 0. The Kier molecular flexibility index (Phi) is 4.88. The van der Waals surface area contributed by atoms with Gasteiger partial charge in [-0.15, -0.1) is 0 Å². The van der Waals surface area contributed by atoms with Crippen molar-refractivity contribution >= 4 is 0 Å². The van der Waals surface area contributed by atoms with Crippen LogP contribution in [0.2, 0.25) is 0 Å². The first-order chi connectivity index (χ1) is 9.47. The van der Waals surface area contributed by atoms with E-state index in [9.17, 15) is 13.2 Å². The quantitative estimate of drug-likeness (QED) is 0.920. The van der Waals surface area contributed by atoms with Gasteiger partial charge in [0.15, 0.2) is 0 Å². The molecule has 20 heavy (non-hydrogen) atoms. The van der Waals surface area contributed by atoms with Gasteiger partial charge in [-0.3, -0.25) is 4.90 Å². The van der Waals surface area contributed by atoms with Crippen molar-refractivity contribution in [3.63, 3.8) is 0 Å². The van der Waals surface area contributed by atoms with Crippen LogP contribution in [-0.2, 0) is 6.18 Å². The number of halogens is 3. The van der Waals surface area contributed by atoms with Gasteiger partial charge in [0.05, 0.1) is 5.56 Å². The topological polar surface area (TPSA) is 24.5 Å². The van der Waals surface area contributed by atoms with E-state index in [1.165, 1.54) is 12.1 Å². The molecule has 1 aliphatic heterocycles. The monoisotopic (exact) mass is 288 g/mol. The zero-order chi connectivity index (χ0) is 14.6. The maximum atomic E-state index is 12.4. The molecule has 0 saturated carbocycles. The van der Waals surface area contributed by atoms with Crippen molar-refractivity contribution in [3.05, 3.63) is 29.8 Å². The number of hydrogen-bond donors (Lipinski definition) is 1. The second-order valence-electron chi connectivity index (χ2n) is 4.96. The third kappa shape index (κ3) is 4.11. The highest BCUT2D eigenvalue weighted by Gasteiger charge is 2.30. The summed E-state index contributed by atoms with van der Waals surface area (Å²) in [5, 5.41) is 3.30. The molecule has 1 aliphatic rings. The van der Waals surface area contributed by atoms with Crippen LogP contribution in [-0.4, -0.2) is 43.7 Å². The van der Waals surface area contributed by atoms with Crippen LogP contribution < -0.4 is 10.1 Å². The van der Waals surface area contributed by atoms with E-state index in [-0.39, 0.29) is 0 Å². The number of piperazine rings is 1. The molecule has 0 aliphatic carbocycles. The van der Waals surface area contributed by atoms with E-state index < -0.39 is 11.7 Å². The molecule has 1 aromatic rings. The van der Waals surface area contributed by atoms with Crippen molar-refractivity contribution in [2.75, 3.05) is 32.8 Å². The Balaban J connectivity index is 1.79. The fourth-order valence-electron chi connectivity index (χ4n) is 2.24. The second-order valence-corrected chi connectivity index (χ2v) is 4.96. The summed E-state index contributed by atoms with van der Waals surface area (Å²) in [5.41, 5.74) is -0.652. The number of hydrogen-bond acceptors (Lipinski definition) is 3. The van der Waals surface area contributed by atoms with Gasteiger partial charge in [0, 0.05) is 32.2 Å². The van der Waals surface area contributed by atoms with E-state index in [1.807, 2.05) is 0 Å². The number of ether oxygens (including phenoxy) is 1. The van der Waals surface area contributed by atoms with Crippen LogP contribution in [0.1, 0.15) is 12.5 Å². The lowest BCUT2D eigenvalue weighted by molar-refractivity contribution is -0.137. The summed E-state index contributed by atoms with van der Waals surface area (Å²) in [6.07, 6.45) is -4.30. The van der Waals surface area contributed by atoms with Crippen molar-refractivity contribution in [1.29, 1.82) is 0 Å². The Morgan fingerprint density at radius 1 is 1.30 bits per heavy atom. The first-order valence-corrected chi connectivity index (χ1v) is 6.71. The van der Waals surface area contributed by atoms with Crippen molar-refractivity contribution < 1.29 is 17.9 Å². The van der Waals surface area contributed by atoms with Crippen LogP contribution in [0.15, 0.2) is 24.3 Å². The fraction of sp³-hybridized carbons (Fsp3) is 0.571. The molecule has 0 bridgehead atoms. The molecule has 0 unspecified atom stereocenters. The summed E-state index contributed by atoms with van der Waals surface area (Å²) in [6.45, 7) is 6.30. The Morgan fingerprint density at radius 3 is 2.60 bits per heavy atom. The number of alkyl halides is 3. The van der Waals surface area contributed by atoms with Gasteiger partial charge in [-0.25, -0.2) is 0 Å². The van der Waals surface area contributed by atoms with E-state index in [0.717, 1.165) is 38.3 Å². The molecule has 2 rings (SSSR count). The van der Waals surface area contributed by atoms with Crippen molar-refractivity contribution in [2.45, 2.75) is 19.1 Å². The lowest BCUT2D eigenvalue weighted by atomic mass is 10.2. The summed E-state index contributed by atoms with van der Waals surface area (Å²) in [6, 6.07) is 5.28. The third-order valence-corrected chi connectivity index (χ3v) is 3.47. The average Bonchev–Trinajstić information content (AvgIpc) is 2.40. The minimum atomic E-state index is -4.30. The lowest BCUT2D eigenvalue weighted by Crippen LogP contribution is -2.50. The largest absolute Gasteiger partial charge is 0.492 e. The normalized spacial score (nSPS) is 20.9. The van der Waals surface area contributed by atoms with E-state index >= 15 is 0 Å². The summed E-state index contributed by atoms with van der Waals surface area (Å²) in [4.78, 5) is 2.31. The Labute approximate surface area is 116 Å². The van der Waals surface area contributed by atoms with Gasteiger partial charge in [0.1, 0.15) is 12.4 Å². The smallest absolute Gasteiger partial charge is 0.416 e. The van der Waals surface area contributed by atoms with E-state index in [2.05, 4.69) is 17.1 Å². The fourth-order valence-corrected chi connectivity index (χ4v) is 2.24. The third-order valence-electron chi connectivity index (χ3n) is 3.47. The van der Waals surface area contributed by atoms with Crippen LogP contribution in [0.25, 0.3) is 0 Å². The van der Waals surface area contributed by atoms with Gasteiger partial charge in [-0.1, -0.05) is 0 Å². The summed E-state index contributed by atoms with van der Waals surface area (Å²) in [5.74, 6) is 0.473. The zero-order valence-electron chi connectivity index (χ0n) is 11.4. The Morgan fingerprint density at radius 2 is 2.00 bits per heavy atom. The van der Waals surface area contributed by atoms with Crippen LogP contribution in [0, 0.1) is 0 Å². The minimum Gasteiger partial charge on any atom is -0.492 e. The molecule has 1 saturated heterocycles. The van der Waals surface area contributed by atoms with Gasteiger partial charge in [-0.2, -0.15) is 13.2 Å². The second kappa shape index (κ2) is 6.45. The van der Waals surface area contributed by atoms with Gasteiger partial charge in [-0.05, 0) is 31.2 Å². The highest BCUT2D eigenvalue weighted by Crippen LogP contribution is 2.30. The molecule has 0 spiro atoms. The summed E-state index contributed by atoms with van der Waals surface area (Å²) < 4.78 is 42.7. The number of rotatable bonds is 4. The zero-order valence-corrected chi connectivity index (χ0v) is 11.4. The maximum absolute atomic E-state index is 12.4. The first kappa shape index (κ1) is 15.1. The SMILES string of the molecule is C[C@H]1CNCCN1CCOc1ccc(C(F)(F)F)cc1. The van der Waals surface area contributed by atoms with Gasteiger partial charge in [0.2, 0.25) is 0 Å². The standard InChI is InChI=1S/C14H19F3N2O/c1-11-10-18-6-7-19(11)8-9-20-13-4-2-12(3-5-13)14(15,16)17/h2-5,11,18H,6-10H2,1H3/t11-/m0/s1. The average molecular weight is 288 g/mol. The molecule has 1 atom stereocenters. The van der Waals surface area contributed by atoms with Crippen molar-refractivity contribution in [2.24, 2.45) is 0 Å². The number of nitrogens with one attached hydrogen (secondary N) is 1. The molecule has 1 N–H and O–H groups in total. The molecule has 0 amide bonds. The molecule has 1 aromatic carbocycles. The maximum Gasteiger partial charge on any atom is 0.416 e. The molecule has 1 heterocycles. The molecule has 6 heteroatoms. The Bertz CT molecular complexity index is 419. The van der Waals surface area contributed by atoms with Gasteiger partial charge in [0.25, 0.3) is 0 Å². The van der Waals surface area contributed by atoms with Gasteiger partial charge >= 0.3 is 6.18 Å². The molecule has 3 nitrogen and oxygen atoms in total. The predicted molar refractivity (Wildman–Crippen MR) is 70.8 cm³/mol. The van der Waals surface area contributed by atoms with Gasteiger partial charge < -0.3 is 10.1 Å².